The van der Waals surface area contributed by atoms with Gasteiger partial charge in [-0.1, -0.05) is 66.2 Å². The van der Waals surface area contributed by atoms with Crippen LogP contribution < -0.4 is 0 Å². The van der Waals surface area contributed by atoms with E-state index in [0.717, 1.165) is 71.5 Å². The zero-order chi connectivity index (χ0) is 26.4. The van der Waals surface area contributed by atoms with E-state index >= 15 is 0 Å². The summed E-state index contributed by atoms with van der Waals surface area (Å²) in [5.41, 5.74) is 8.52. The van der Waals surface area contributed by atoms with Crippen LogP contribution in [0.2, 0.25) is 5.02 Å². The predicted molar refractivity (Wildman–Crippen MR) is 167 cm³/mol. The molecule has 0 saturated carbocycles. The van der Waals surface area contributed by atoms with Gasteiger partial charge in [0.15, 0.2) is 0 Å². The van der Waals surface area contributed by atoms with Crippen molar-refractivity contribution in [3.05, 3.63) is 132 Å². The molecule has 9 aromatic rings. The van der Waals surface area contributed by atoms with Crippen molar-refractivity contribution in [1.82, 2.24) is 9.13 Å². The van der Waals surface area contributed by atoms with Gasteiger partial charge in [-0.25, -0.2) is 0 Å². The summed E-state index contributed by atoms with van der Waals surface area (Å²) < 4.78 is 11.6. The number of benzene rings is 6. The van der Waals surface area contributed by atoms with Crippen LogP contribution >= 0.6 is 11.6 Å². The highest BCUT2D eigenvalue weighted by molar-refractivity contribution is 6.33. The Kier molecular flexibility index (Phi) is 4.38. The molecule has 0 bridgehead atoms. The van der Waals surface area contributed by atoms with Crippen molar-refractivity contribution in [2.45, 2.75) is 0 Å². The second kappa shape index (κ2) is 8.01. The van der Waals surface area contributed by atoms with Crippen molar-refractivity contribution >= 4 is 77.2 Å². The van der Waals surface area contributed by atoms with Crippen molar-refractivity contribution in [2.75, 3.05) is 0 Å². The molecule has 0 aliphatic carbocycles. The lowest BCUT2D eigenvalue weighted by Gasteiger charge is -2.07. The Morgan fingerprint density at radius 1 is 0.425 bits per heavy atom. The molecule has 0 fully saturated rings. The SMILES string of the molecule is Clc1ccc2c(c1)c1c3oc4c(ccc5c4c4ccccc4n5-c4ccccc4)c3ccc1n2-c1ccccc1. The molecular formula is C36H21ClN2O. The minimum atomic E-state index is 0.709. The Labute approximate surface area is 234 Å². The van der Waals surface area contributed by atoms with E-state index < -0.39 is 0 Å². The predicted octanol–water partition coefficient (Wildman–Crippen LogP) is 10.4. The lowest BCUT2D eigenvalue weighted by atomic mass is 10.1. The van der Waals surface area contributed by atoms with Gasteiger partial charge < -0.3 is 13.6 Å². The third-order valence-corrected chi connectivity index (χ3v) is 8.39. The number of halogens is 1. The maximum Gasteiger partial charge on any atom is 0.145 e. The number of hydrogen-bond donors (Lipinski definition) is 0. The molecule has 0 amide bonds. The van der Waals surface area contributed by atoms with Crippen LogP contribution in [-0.4, -0.2) is 9.13 Å². The first-order valence-electron chi connectivity index (χ1n) is 13.4. The highest BCUT2D eigenvalue weighted by atomic mass is 35.5. The largest absolute Gasteiger partial charge is 0.455 e. The minimum Gasteiger partial charge on any atom is -0.455 e. The van der Waals surface area contributed by atoms with Crippen LogP contribution in [0.15, 0.2) is 132 Å². The molecule has 0 spiro atoms. The van der Waals surface area contributed by atoms with E-state index in [1.165, 1.54) is 5.39 Å². The smallest absolute Gasteiger partial charge is 0.145 e. The fourth-order valence-electron chi connectivity index (χ4n) is 6.53. The van der Waals surface area contributed by atoms with Crippen molar-refractivity contribution in [3.8, 4) is 11.4 Å². The van der Waals surface area contributed by atoms with Gasteiger partial charge in [0, 0.05) is 37.9 Å². The van der Waals surface area contributed by atoms with Crippen molar-refractivity contribution in [2.24, 2.45) is 0 Å². The third-order valence-electron chi connectivity index (χ3n) is 8.16. The summed E-state index contributed by atoms with van der Waals surface area (Å²) in [4.78, 5) is 0. The van der Waals surface area contributed by atoms with Crippen molar-refractivity contribution in [3.63, 3.8) is 0 Å². The van der Waals surface area contributed by atoms with Crippen molar-refractivity contribution < 1.29 is 4.42 Å². The normalized spacial score (nSPS) is 12.1. The number of aromatic nitrogens is 2. The highest BCUT2D eigenvalue weighted by Crippen LogP contribution is 2.44. The number of nitrogens with zero attached hydrogens (tertiary/aromatic N) is 2. The van der Waals surface area contributed by atoms with Gasteiger partial charge in [-0.15, -0.1) is 0 Å². The van der Waals surface area contributed by atoms with E-state index in [9.17, 15) is 0 Å². The van der Waals surface area contributed by atoms with Crippen LogP contribution in [0, 0.1) is 0 Å². The van der Waals surface area contributed by atoms with Crippen LogP contribution in [0.4, 0.5) is 0 Å². The minimum absolute atomic E-state index is 0.709. The molecule has 0 aliphatic heterocycles. The van der Waals surface area contributed by atoms with Gasteiger partial charge in [-0.3, -0.25) is 0 Å². The maximum atomic E-state index is 6.96. The summed E-state index contributed by atoms with van der Waals surface area (Å²) in [7, 11) is 0. The molecule has 3 nitrogen and oxygen atoms in total. The molecule has 6 aromatic carbocycles. The molecule has 0 N–H and O–H groups in total. The van der Waals surface area contributed by atoms with Gasteiger partial charge >= 0.3 is 0 Å². The summed E-state index contributed by atoms with van der Waals surface area (Å²) >= 11 is 6.57. The summed E-state index contributed by atoms with van der Waals surface area (Å²) in [6.45, 7) is 0. The lowest BCUT2D eigenvalue weighted by Crippen LogP contribution is -1.92. The molecule has 3 aromatic heterocycles. The van der Waals surface area contributed by atoms with Gasteiger partial charge in [0.05, 0.1) is 32.8 Å². The molecule has 40 heavy (non-hydrogen) atoms. The molecule has 4 heteroatoms. The Balaban J connectivity index is 1.47. The molecule has 9 rings (SSSR count). The number of fused-ring (bicyclic) bond motifs is 11. The van der Waals surface area contributed by atoms with Gasteiger partial charge in [0.2, 0.25) is 0 Å². The highest BCUT2D eigenvalue weighted by Gasteiger charge is 2.22. The summed E-state index contributed by atoms with van der Waals surface area (Å²) in [5.74, 6) is 0. The maximum absolute atomic E-state index is 6.96. The lowest BCUT2D eigenvalue weighted by molar-refractivity contribution is 0.677. The van der Waals surface area contributed by atoms with Gasteiger partial charge in [-0.2, -0.15) is 0 Å². The number of rotatable bonds is 2. The molecule has 0 radical (unpaired) electrons. The van der Waals surface area contributed by atoms with Gasteiger partial charge in [-0.05, 0) is 72.8 Å². The first kappa shape index (κ1) is 21.9. The monoisotopic (exact) mass is 532 g/mol. The Bertz CT molecular complexity index is 2430. The second-order valence-corrected chi connectivity index (χ2v) is 10.7. The zero-order valence-corrected chi connectivity index (χ0v) is 22.1. The number of hydrogen-bond acceptors (Lipinski definition) is 1. The van der Waals surface area contributed by atoms with Crippen LogP contribution in [0.5, 0.6) is 0 Å². The fraction of sp³-hybridized carbons (Fsp3) is 0. The van der Waals surface area contributed by atoms with Gasteiger partial charge in [0.25, 0.3) is 0 Å². The topological polar surface area (TPSA) is 23.0 Å². The average Bonchev–Trinajstić information content (AvgIpc) is 3.65. The van der Waals surface area contributed by atoms with Gasteiger partial charge in [0.1, 0.15) is 11.2 Å². The Hall–Kier alpha value is -4.99. The fourth-order valence-corrected chi connectivity index (χ4v) is 6.70. The summed E-state index contributed by atoms with van der Waals surface area (Å²) in [6.07, 6.45) is 0. The van der Waals surface area contributed by atoms with E-state index in [0.29, 0.717) is 5.02 Å². The molecule has 0 atom stereocenters. The number of furan rings is 1. The number of para-hydroxylation sites is 3. The average molecular weight is 533 g/mol. The first-order valence-corrected chi connectivity index (χ1v) is 13.8. The second-order valence-electron chi connectivity index (χ2n) is 10.3. The van der Waals surface area contributed by atoms with E-state index in [1.54, 1.807) is 0 Å². The molecule has 3 heterocycles. The Morgan fingerprint density at radius 2 is 0.925 bits per heavy atom. The Morgan fingerprint density at radius 3 is 1.55 bits per heavy atom. The standard InChI is InChI=1S/C36H21ClN2O/c37-22-15-18-30-28(21-22)34-32(39(30)24-11-5-2-6-12-24)20-17-26-25-16-19-31-33(35(25)40-36(26)34)27-13-7-8-14-29(27)38(31)23-9-3-1-4-10-23/h1-21H. The molecule has 0 aliphatic rings. The van der Waals surface area contributed by atoms with Crippen LogP contribution in [-0.2, 0) is 0 Å². The van der Waals surface area contributed by atoms with Crippen LogP contribution in [0.25, 0.3) is 76.9 Å². The van der Waals surface area contributed by atoms with Crippen LogP contribution in [0.3, 0.4) is 0 Å². The van der Waals surface area contributed by atoms with Crippen LogP contribution in [0.1, 0.15) is 0 Å². The zero-order valence-electron chi connectivity index (χ0n) is 21.3. The first-order chi connectivity index (χ1) is 19.8. The molecule has 0 saturated heterocycles. The third kappa shape index (κ3) is 2.85. The van der Waals surface area contributed by atoms with E-state index in [1.807, 2.05) is 12.1 Å². The summed E-state index contributed by atoms with van der Waals surface area (Å²) in [6, 6.07) is 44.5. The quantitative estimate of drug-likeness (QED) is 0.217. The van der Waals surface area contributed by atoms with E-state index in [4.69, 9.17) is 16.0 Å². The molecular weight excluding hydrogens is 512 g/mol. The molecule has 0 unspecified atom stereocenters. The van der Waals surface area contributed by atoms with E-state index in [-0.39, 0.29) is 0 Å². The summed E-state index contributed by atoms with van der Waals surface area (Å²) in [5, 5.41) is 7.40. The van der Waals surface area contributed by atoms with E-state index in [2.05, 4.69) is 124 Å². The molecule has 188 valence electrons. The van der Waals surface area contributed by atoms with Crippen molar-refractivity contribution in [1.29, 1.82) is 0 Å².